The summed E-state index contributed by atoms with van der Waals surface area (Å²) in [4.78, 5) is 21.8. The normalized spacial score (nSPS) is 10.5. The van der Waals surface area contributed by atoms with E-state index >= 15 is 0 Å². The average molecular weight is 364 g/mol. The Morgan fingerprint density at radius 1 is 1.32 bits per heavy atom. The lowest BCUT2D eigenvalue weighted by Crippen LogP contribution is -2.18. The van der Waals surface area contributed by atoms with E-state index in [9.17, 15) is 14.9 Å². The van der Waals surface area contributed by atoms with Gasteiger partial charge >= 0.3 is 11.8 Å². The van der Waals surface area contributed by atoms with E-state index in [0.717, 1.165) is 0 Å². The number of nitro benzene ring substituents is 1. The molecule has 0 unspecified atom stereocenters. The third kappa shape index (κ3) is 5.18. The molecule has 0 aliphatic heterocycles. The van der Waals surface area contributed by atoms with Crippen molar-refractivity contribution in [3.63, 3.8) is 0 Å². The molecule has 2 aromatic rings. The average Bonchev–Trinajstić information content (AvgIpc) is 2.58. The topological polar surface area (TPSA) is 103 Å². The van der Waals surface area contributed by atoms with Crippen LogP contribution in [-0.4, -0.2) is 23.8 Å². The van der Waals surface area contributed by atoms with Crippen LogP contribution >= 0.6 is 11.6 Å². The molecule has 25 heavy (non-hydrogen) atoms. The van der Waals surface area contributed by atoms with Crippen LogP contribution in [0.15, 0.2) is 47.6 Å². The van der Waals surface area contributed by atoms with Crippen LogP contribution < -0.4 is 10.2 Å². The number of ether oxygens (including phenoxy) is 2. The number of hydrazone groups is 1. The fraction of sp³-hybridized carbons (Fsp3) is 0.125. The number of nitrogens with one attached hydrogen (secondary N) is 1. The Hall–Kier alpha value is -3.13. The smallest absolute Gasteiger partial charge is 0.427 e. The van der Waals surface area contributed by atoms with E-state index in [0.29, 0.717) is 16.3 Å². The van der Waals surface area contributed by atoms with Crippen molar-refractivity contribution < 1.29 is 19.2 Å². The summed E-state index contributed by atoms with van der Waals surface area (Å²) in [5.41, 5.74) is 2.27. The molecule has 130 valence electrons. The van der Waals surface area contributed by atoms with Crippen LogP contribution in [0.5, 0.6) is 11.5 Å². The van der Waals surface area contributed by atoms with Gasteiger partial charge in [-0.25, -0.2) is 10.2 Å². The van der Waals surface area contributed by atoms with Gasteiger partial charge in [-0.15, -0.1) is 0 Å². The Bertz CT molecular complexity index is 810. The van der Waals surface area contributed by atoms with Gasteiger partial charge in [0.1, 0.15) is 5.75 Å². The van der Waals surface area contributed by atoms with Crippen molar-refractivity contribution in [3.8, 4) is 11.5 Å². The standard InChI is InChI=1S/C16H14ClN3O5/c1-2-24-16(21)19-18-10-11-7-8-15(13(9-11)20(22)23)25-14-6-4-3-5-12(14)17/h3-10H,2H2,1H3,(H,19,21). The molecule has 0 aromatic heterocycles. The second-order valence-electron chi connectivity index (χ2n) is 4.61. The van der Waals surface area contributed by atoms with Gasteiger partial charge in [-0.1, -0.05) is 23.7 Å². The Morgan fingerprint density at radius 2 is 2.08 bits per heavy atom. The summed E-state index contributed by atoms with van der Waals surface area (Å²) in [7, 11) is 0. The number of hydrogen-bond donors (Lipinski definition) is 1. The molecule has 0 radical (unpaired) electrons. The van der Waals surface area contributed by atoms with Crippen LogP contribution in [0.4, 0.5) is 10.5 Å². The highest BCUT2D eigenvalue weighted by Crippen LogP contribution is 2.34. The summed E-state index contributed by atoms with van der Waals surface area (Å²) in [5, 5.41) is 15.3. The molecule has 0 saturated heterocycles. The molecule has 1 N–H and O–H groups in total. The number of carbonyl (C=O) groups is 1. The maximum Gasteiger partial charge on any atom is 0.427 e. The Balaban J connectivity index is 2.20. The number of nitrogens with zero attached hydrogens (tertiary/aromatic N) is 2. The van der Waals surface area contributed by atoms with Crippen LogP contribution in [0.3, 0.4) is 0 Å². The first-order valence-electron chi connectivity index (χ1n) is 7.18. The summed E-state index contributed by atoms with van der Waals surface area (Å²) >= 11 is 5.99. The number of carbonyl (C=O) groups excluding carboxylic acids is 1. The Morgan fingerprint density at radius 3 is 2.76 bits per heavy atom. The number of benzene rings is 2. The predicted octanol–water partition coefficient (Wildman–Crippen LogP) is 4.12. The summed E-state index contributed by atoms with van der Waals surface area (Å²) in [5.74, 6) is 0.339. The molecule has 9 heteroatoms. The molecule has 0 bridgehead atoms. The van der Waals surface area contributed by atoms with Gasteiger partial charge < -0.3 is 9.47 Å². The lowest BCUT2D eigenvalue weighted by atomic mass is 10.2. The maximum absolute atomic E-state index is 11.3. The first kappa shape index (κ1) is 18.2. The van der Waals surface area contributed by atoms with Gasteiger partial charge in [0.2, 0.25) is 5.75 Å². The van der Waals surface area contributed by atoms with Gasteiger partial charge in [0.05, 0.1) is 22.8 Å². The molecule has 0 heterocycles. The van der Waals surface area contributed by atoms with Crippen molar-refractivity contribution >= 4 is 29.6 Å². The van der Waals surface area contributed by atoms with E-state index in [-0.39, 0.29) is 18.0 Å². The van der Waals surface area contributed by atoms with Gasteiger partial charge in [-0.05, 0) is 31.2 Å². The molecule has 0 aliphatic rings. The number of para-hydroxylation sites is 1. The lowest BCUT2D eigenvalue weighted by Gasteiger charge is -2.08. The molecular formula is C16H14ClN3O5. The fourth-order valence-corrected chi connectivity index (χ4v) is 1.99. The fourth-order valence-electron chi connectivity index (χ4n) is 1.81. The zero-order valence-electron chi connectivity index (χ0n) is 13.1. The van der Waals surface area contributed by atoms with Gasteiger partial charge in [0.25, 0.3) is 0 Å². The Kier molecular flexibility index (Phi) is 6.30. The summed E-state index contributed by atoms with van der Waals surface area (Å²) < 4.78 is 10.2. The van der Waals surface area contributed by atoms with Crippen LogP contribution in [0.1, 0.15) is 12.5 Å². The molecule has 0 atom stereocenters. The highest BCUT2D eigenvalue weighted by atomic mass is 35.5. The number of amides is 1. The van der Waals surface area contributed by atoms with Crippen LogP contribution in [0, 0.1) is 10.1 Å². The minimum atomic E-state index is -0.716. The summed E-state index contributed by atoms with van der Waals surface area (Å²) in [6, 6.07) is 10.9. The molecular weight excluding hydrogens is 350 g/mol. The largest absolute Gasteiger partial charge is 0.449 e. The van der Waals surface area contributed by atoms with Crippen molar-refractivity contribution in [2.75, 3.05) is 6.61 Å². The molecule has 8 nitrogen and oxygen atoms in total. The predicted molar refractivity (Wildman–Crippen MR) is 92.4 cm³/mol. The van der Waals surface area contributed by atoms with Gasteiger partial charge in [0.15, 0.2) is 0 Å². The summed E-state index contributed by atoms with van der Waals surface area (Å²) in [6.45, 7) is 1.87. The van der Waals surface area contributed by atoms with E-state index in [2.05, 4.69) is 15.3 Å². The highest BCUT2D eigenvalue weighted by Gasteiger charge is 2.17. The van der Waals surface area contributed by atoms with Crippen molar-refractivity contribution in [2.24, 2.45) is 5.10 Å². The summed E-state index contributed by atoms with van der Waals surface area (Å²) in [6.07, 6.45) is 0.537. The van der Waals surface area contributed by atoms with Gasteiger partial charge in [-0.2, -0.15) is 5.10 Å². The molecule has 0 fully saturated rings. The van der Waals surface area contributed by atoms with Crippen LogP contribution in [0.25, 0.3) is 0 Å². The SMILES string of the molecule is CCOC(=O)NN=Cc1ccc(Oc2ccccc2Cl)c([N+](=O)[O-])c1. The van der Waals surface area contributed by atoms with Crippen LogP contribution in [0.2, 0.25) is 5.02 Å². The van der Waals surface area contributed by atoms with Gasteiger partial charge in [-0.3, -0.25) is 10.1 Å². The number of rotatable bonds is 6. The lowest BCUT2D eigenvalue weighted by molar-refractivity contribution is -0.385. The zero-order chi connectivity index (χ0) is 18.2. The minimum absolute atomic E-state index is 0.0357. The van der Waals surface area contributed by atoms with Gasteiger partial charge in [0, 0.05) is 11.6 Å². The minimum Gasteiger partial charge on any atom is -0.449 e. The van der Waals surface area contributed by atoms with Crippen molar-refractivity contribution in [2.45, 2.75) is 6.92 Å². The van der Waals surface area contributed by atoms with Crippen molar-refractivity contribution in [1.29, 1.82) is 0 Å². The molecule has 0 aliphatic carbocycles. The number of hydrogen-bond acceptors (Lipinski definition) is 6. The van der Waals surface area contributed by atoms with E-state index in [1.54, 1.807) is 37.3 Å². The number of nitro groups is 1. The van der Waals surface area contributed by atoms with E-state index in [1.165, 1.54) is 18.3 Å². The second kappa shape index (κ2) is 8.65. The van der Waals surface area contributed by atoms with Crippen molar-refractivity contribution in [1.82, 2.24) is 5.43 Å². The molecule has 0 spiro atoms. The first-order valence-corrected chi connectivity index (χ1v) is 7.55. The molecule has 0 saturated carbocycles. The quantitative estimate of drug-likeness (QED) is 0.472. The highest BCUT2D eigenvalue weighted by molar-refractivity contribution is 6.32. The first-order chi connectivity index (χ1) is 12.0. The second-order valence-corrected chi connectivity index (χ2v) is 5.01. The van der Waals surface area contributed by atoms with E-state index in [1.807, 2.05) is 0 Å². The number of halogens is 1. The molecule has 2 aromatic carbocycles. The monoisotopic (exact) mass is 363 g/mol. The molecule has 2 rings (SSSR count). The van der Waals surface area contributed by atoms with Crippen LogP contribution in [-0.2, 0) is 4.74 Å². The van der Waals surface area contributed by atoms with E-state index < -0.39 is 11.0 Å². The Labute approximate surface area is 148 Å². The third-order valence-electron chi connectivity index (χ3n) is 2.88. The van der Waals surface area contributed by atoms with E-state index in [4.69, 9.17) is 16.3 Å². The van der Waals surface area contributed by atoms with Crippen molar-refractivity contribution in [3.05, 3.63) is 63.2 Å². The zero-order valence-corrected chi connectivity index (χ0v) is 13.9. The third-order valence-corrected chi connectivity index (χ3v) is 3.19. The maximum atomic E-state index is 11.3. The molecule has 1 amide bonds.